The first-order valence-corrected chi connectivity index (χ1v) is 10.9. The van der Waals surface area contributed by atoms with Gasteiger partial charge >= 0.3 is 0 Å². The second-order valence-corrected chi connectivity index (χ2v) is 8.69. The van der Waals surface area contributed by atoms with E-state index in [9.17, 15) is 14.4 Å². The molecule has 7 nitrogen and oxygen atoms in total. The summed E-state index contributed by atoms with van der Waals surface area (Å²) < 4.78 is 11.1. The molecule has 1 fully saturated rings. The predicted molar refractivity (Wildman–Crippen MR) is 121 cm³/mol. The van der Waals surface area contributed by atoms with Crippen molar-refractivity contribution in [2.24, 2.45) is 0 Å². The molecule has 1 saturated heterocycles. The smallest absolute Gasteiger partial charge is 0.271 e. The Hall–Kier alpha value is -3.35. The van der Waals surface area contributed by atoms with E-state index in [4.69, 9.17) is 9.47 Å². The average molecular weight is 437 g/mol. The lowest BCUT2D eigenvalue weighted by Gasteiger charge is -2.38. The molecule has 4 rings (SSSR count). The molecule has 0 saturated carbocycles. The molecule has 0 radical (unpaired) electrons. The zero-order chi connectivity index (χ0) is 22.9. The van der Waals surface area contributed by atoms with Crippen molar-refractivity contribution in [2.75, 3.05) is 31.6 Å². The van der Waals surface area contributed by atoms with Crippen molar-refractivity contribution < 1.29 is 23.9 Å². The first-order chi connectivity index (χ1) is 15.3. The van der Waals surface area contributed by atoms with Gasteiger partial charge in [0, 0.05) is 24.2 Å². The highest BCUT2D eigenvalue weighted by atomic mass is 16.5. The summed E-state index contributed by atoms with van der Waals surface area (Å²) in [6.07, 6.45) is 3.12. The molecule has 0 spiro atoms. The number of nitrogens with zero attached hydrogens (tertiary/aromatic N) is 2. The number of piperidine rings is 1. The Kier molecular flexibility index (Phi) is 5.91. The van der Waals surface area contributed by atoms with Gasteiger partial charge in [-0.3, -0.25) is 19.3 Å². The second kappa shape index (κ2) is 8.65. The van der Waals surface area contributed by atoms with Crippen LogP contribution >= 0.6 is 0 Å². The van der Waals surface area contributed by atoms with Crippen LogP contribution in [0.4, 0.5) is 5.69 Å². The average Bonchev–Trinajstić information content (AvgIpc) is 2.81. The number of likely N-dealkylation sites (tertiary alicyclic amines) is 1. The molecule has 0 N–H and O–H groups in total. The lowest BCUT2D eigenvalue weighted by Crippen LogP contribution is -2.54. The Bertz CT molecular complexity index is 1060. The van der Waals surface area contributed by atoms with Crippen molar-refractivity contribution in [3.63, 3.8) is 0 Å². The standard InChI is InChI=1S/C25H28N2O5/c1-25(2)24(30)27(16-21(28)17-8-7-9-19(14-17)31-3)20-15-18(10-11-22(20)32-25)23(29)26-12-5-4-6-13-26/h7-11,14-15H,4-6,12-13,16H2,1-3H3. The molecule has 2 heterocycles. The van der Waals surface area contributed by atoms with Crippen LogP contribution in [0.15, 0.2) is 42.5 Å². The highest BCUT2D eigenvalue weighted by molar-refractivity contribution is 6.10. The maximum absolute atomic E-state index is 13.2. The lowest BCUT2D eigenvalue weighted by molar-refractivity contribution is -0.132. The molecular formula is C25H28N2O5. The Morgan fingerprint density at radius 1 is 1.03 bits per heavy atom. The van der Waals surface area contributed by atoms with Gasteiger partial charge in [0.15, 0.2) is 11.4 Å². The Balaban J connectivity index is 1.66. The maximum atomic E-state index is 13.2. The van der Waals surface area contributed by atoms with Crippen molar-refractivity contribution in [3.8, 4) is 11.5 Å². The molecule has 0 unspecified atom stereocenters. The summed E-state index contributed by atoms with van der Waals surface area (Å²) in [5.41, 5.74) is 0.248. The van der Waals surface area contributed by atoms with E-state index < -0.39 is 5.60 Å². The van der Waals surface area contributed by atoms with Crippen LogP contribution in [0.1, 0.15) is 53.8 Å². The van der Waals surface area contributed by atoms with Crippen LogP contribution in [-0.4, -0.2) is 54.8 Å². The third-order valence-electron chi connectivity index (χ3n) is 5.96. The van der Waals surface area contributed by atoms with Gasteiger partial charge in [-0.15, -0.1) is 0 Å². The third-order valence-corrected chi connectivity index (χ3v) is 5.96. The summed E-state index contributed by atoms with van der Waals surface area (Å²) in [5, 5.41) is 0. The molecule has 0 aliphatic carbocycles. The molecule has 2 aliphatic heterocycles. The molecule has 32 heavy (non-hydrogen) atoms. The number of ether oxygens (including phenoxy) is 2. The van der Waals surface area contributed by atoms with Gasteiger partial charge in [-0.1, -0.05) is 12.1 Å². The molecule has 2 aromatic rings. The highest BCUT2D eigenvalue weighted by Crippen LogP contribution is 2.39. The first kappa shape index (κ1) is 21.9. The minimum absolute atomic E-state index is 0.0659. The fraction of sp³-hybridized carbons (Fsp3) is 0.400. The molecule has 7 heteroatoms. The predicted octanol–water partition coefficient (Wildman–Crippen LogP) is 3.71. The summed E-state index contributed by atoms with van der Waals surface area (Å²) in [4.78, 5) is 42.5. The van der Waals surface area contributed by atoms with E-state index in [0.29, 0.717) is 28.3 Å². The van der Waals surface area contributed by atoms with Gasteiger partial charge in [0.1, 0.15) is 11.5 Å². The van der Waals surface area contributed by atoms with Crippen molar-refractivity contribution in [1.29, 1.82) is 0 Å². The van der Waals surface area contributed by atoms with Crippen molar-refractivity contribution in [3.05, 3.63) is 53.6 Å². The summed E-state index contributed by atoms with van der Waals surface area (Å²) in [6, 6.07) is 11.9. The molecule has 0 bridgehead atoms. The molecule has 0 aromatic heterocycles. The zero-order valence-corrected chi connectivity index (χ0v) is 18.7. The first-order valence-electron chi connectivity index (χ1n) is 10.9. The molecule has 2 amide bonds. The van der Waals surface area contributed by atoms with Gasteiger partial charge in [-0.2, -0.15) is 0 Å². The molecule has 2 aliphatic rings. The quantitative estimate of drug-likeness (QED) is 0.668. The van der Waals surface area contributed by atoms with Crippen LogP contribution < -0.4 is 14.4 Å². The van der Waals surface area contributed by atoms with Crippen molar-refractivity contribution in [1.82, 2.24) is 4.90 Å². The van der Waals surface area contributed by atoms with Crippen LogP contribution in [-0.2, 0) is 4.79 Å². The monoisotopic (exact) mass is 436 g/mol. The van der Waals surface area contributed by atoms with E-state index in [0.717, 1.165) is 32.4 Å². The fourth-order valence-corrected chi connectivity index (χ4v) is 4.17. The molecule has 2 aromatic carbocycles. The molecular weight excluding hydrogens is 408 g/mol. The number of hydrogen-bond donors (Lipinski definition) is 0. The van der Waals surface area contributed by atoms with Crippen molar-refractivity contribution >= 4 is 23.3 Å². The Morgan fingerprint density at radius 3 is 2.50 bits per heavy atom. The number of carbonyl (C=O) groups is 3. The van der Waals surface area contributed by atoms with E-state index >= 15 is 0 Å². The van der Waals surface area contributed by atoms with E-state index in [1.54, 1.807) is 56.3 Å². The lowest BCUT2D eigenvalue weighted by atomic mass is 10.0. The van der Waals surface area contributed by atoms with Crippen LogP contribution in [0.3, 0.4) is 0 Å². The fourth-order valence-electron chi connectivity index (χ4n) is 4.17. The number of methoxy groups -OCH3 is 1. The van der Waals surface area contributed by atoms with Gasteiger partial charge < -0.3 is 14.4 Å². The maximum Gasteiger partial charge on any atom is 0.271 e. The number of anilines is 1. The van der Waals surface area contributed by atoms with E-state index in [1.165, 1.54) is 12.0 Å². The van der Waals surface area contributed by atoms with Gasteiger partial charge in [0.05, 0.1) is 19.3 Å². The van der Waals surface area contributed by atoms with Crippen LogP contribution in [0, 0.1) is 0 Å². The number of Topliss-reactive ketones (excluding diaryl/α,β-unsaturated/α-hetero) is 1. The Morgan fingerprint density at radius 2 is 1.78 bits per heavy atom. The largest absolute Gasteiger partial charge is 0.497 e. The van der Waals surface area contributed by atoms with Crippen molar-refractivity contribution in [2.45, 2.75) is 38.7 Å². The number of benzene rings is 2. The number of ketones is 1. The minimum Gasteiger partial charge on any atom is -0.497 e. The summed E-state index contributed by atoms with van der Waals surface area (Å²) in [5.74, 6) is 0.420. The van der Waals surface area contributed by atoms with Gasteiger partial charge in [-0.25, -0.2) is 0 Å². The summed E-state index contributed by atoms with van der Waals surface area (Å²) >= 11 is 0. The number of hydrogen-bond acceptors (Lipinski definition) is 5. The number of carbonyl (C=O) groups excluding carboxylic acids is 3. The highest BCUT2D eigenvalue weighted by Gasteiger charge is 2.42. The number of fused-ring (bicyclic) bond motifs is 1. The Labute approximate surface area is 187 Å². The minimum atomic E-state index is -1.12. The van der Waals surface area contributed by atoms with Gasteiger partial charge in [-0.05, 0) is 63.4 Å². The van der Waals surface area contributed by atoms with Crippen LogP contribution in [0.25, 0.3) is 0 Å². The number of rotatable bonds is 5. The number of amides is 2. The summed E-state index contributed by atoms with van der Waals surface area (Å²) in [7, 11) is 1.54. The molecule has 168 valence electrons. The third kappa shape index (κ3) is 4.20. The SMILES string of the molecule is COc1cccc(C(=O)CN2C(=O)C(C)(C)Oc3ccc(C(=O)N4CCCCC4)cc32)c1. The van der Waals surface area contributed by atoms with Crippen LogP contribution in [0.2, 0.25) is 0 Å². The molecule has 0 atom stereocenters. The van der Waals surface area contributed by atoms with E-state index in [-0.39, 0.29) is 24.1 Å². The van der Waals surface area contributed by atoms with E-state index in [2.05, 4.69) is 0 Å². The zero-order valence-electron chi connectivity index (χ0n) is 18.7. The second-order valence-electron chi connectivity index (χ2n) is 8.69. The van der Waals surface area contributed by atoms with Gasteiger partial charge in [0.2, 0.25) is 0 Å². The van der Waals surface area contributed by atoms with E-state index in [1.807, 2.05) is 4.90 Å². The normalized spacial score (nSPS) is 17.4. The van der Waals surface area contributed by atoms with Gasteiger partial charge in [0.25, 0.3) is 11.8 Å². The topological polar surface area (TPSA) is 76.1 Å². The summed E-state index contributed by atoms with van der Waals surface area (Å²) in [6.45, 7) is 4.65. The van der Waals surface area contributed by atoms with Crippen LogP contribution in [0.5, 0.6) is 11.5 Å².